The molecule has 0 aliphatic carbocycles. The third kappa shape index (κ3) is 1.71. The molecular formula is C13H16N2O. The maximum absolute atomic E-state index is 5.63. The molecule has 0 amide bonds. The van der Waals surface area contributed by atoms with Gasteiger partial charge in [-0.1, -0.05) is 6.07 Å². The van der Waals surface area contributed by atoms with Crippen molar-refractivity contribution in [3.63, 3.8) is 0 Å². The Balaban J connectivity index is 1.90. The van der Waals surface area contributed by atoms with Gasteiger partial charge in [-0.05, 0) is 31.4 Å². The molecule has 1 fully saturated rings. The van der Waals surface area contributed by atoms with Crippen molar-refractivity contribution in [1.82, 2.24) is 9.38 Å². The number of rotatable bonds is 2. The molecule has 0 radical (unpaired) electrons. The summed E-state index contributed by atoms with van der Waals surface area (Å²) < 4.78 is 7.73. The average Bonchev–Trinajstić information content (AvgIpc) is 2.88. The van der Waals surface area contributed by atoms with Crippen molar-refractivity contribution in [2.45, 2.75) is 32.3 Å². The first kappa shape index (κ1) is 9.85. The third-order valence-corrected chi connectivity index (χ3v) is 3.19. The molecule has 1 aliphatic rings. The number of ether oxygens (including phenoxy) is 1. The number of aryl methyl sites for hydroxylation is 1. The summed E-state index contributed by atoms with van der Waals surface area (Å²) in [6.45, 7) is 3.01. The minimum atomic E-state index is 0.380. The van der Waals surface area contributed by atoms with Gasteiger partial charge in [-0.2, -0.15) is 0 Å². The molecule has 0 aromatic carbocycles. The highest BCUT2D eigenvalue weighted by molar-refractivity contribution is 5.47. The van der Waals surface area contributed by atoms with E-state index in [1.165, 1.54) is 18.4 Å². The van der Waals surface area contributed by atoms with Crippen molar-refractivity contribution >= 4 is 5.65 Å². The van der Waals surface area contributed by atoms with Crippen LogP contribution >= 0.6 is 0 Å². The molecule has 3 heterocycles. The minimum Gasteiger partial charge on any atom is -0.378 e. The lowest BCUT2D eigenvalue weighted by Crippen LogP contribution is -2.08. The highest BCUT2D eigenvalue weighted by Crippen LogP contribution is 2.18. The fourth-order valence-corrected chi connectivity index (χ4v) is 2.34. The molecule has 1 unspecified atom stereocenters. The first-order valence-electron chi connectivity index (χ1n) is 5.88. The molecule has 1 aliphatic heterocycles. The van der Waals surface area contributed by atoms with E-state index >= 15 is 0 Å². The van der Waals surface area contributed by atoms with E-state index in [0.29, 0.717) is 6.10 Å². The van der Waals surface area contributed by atoms with E-state index in [1.807, 2.05) is 6.20 Å². The molecule has 2 aromatic rings. The molecule has 2 aromatic heterocycles. The molecule has 3 heteroatoms. The Morgan fingerprint density at radius 2 is 2.50 bits per heavy atom. The van der Waals surface area contributed by atoms with Crippen LogP contribution in [0.25, 0.3) is 5.65 Å². The van der Waals surface area contributed by atoms with E-state index in [-0.39, 0.29) is 0 Å². The summed E-state index contributed by atoms with van der Waals surface area (Å²) in [4.78, 5) is 4.66. The number of pyridine rings is 1. The Bertz CT molecular complexity index is 498. The van der Waals surface area contributed by atoms with Crippen LogP contribution in [-0.2, 0) is 11.2 Å². The van der Waals surface area contributed by atoms with Crippen molar-refractivity contribution in [3.8, 4) is 0 Å². The van der Waals surface area contributed by atoms with Gasteiger partial charge in [0.2, 0.25) is 0 Å². The Labute approximate surface area is 95.1 Å². The highest BCUT2D eigenvalue weighted by atomic mass is 16.5. The minimum absolute atomic E-state index is 0.380. The number of hydrogen-bond donors (Lipinski definition) is 0. The molecule has 0 N–H and O–H groups in total. The van der Waals surface area contributed by atoms with Gasteiger partial charge in [-0.3, -0.25) is 0 Å². The zero-order chi connectivity index (χ0) is 11.0. The van der Waals surface area contributed by atoms with E-state index < -0.39 is 0 Å². The van der Waals surface area contributed by atoms with Gasteiger partial charge in [0.15, 0.2) is 0 Å². The summed E-state index contributed by atoms with van der Waals surface area (Å²) in [5, 5.41) is 0. The van der Waals surface area contributed by atoms with Gasteiger partial charge < -0.3 is 9.14 Å². The molecule has 1 atom stereocenters. The van der Waals surface area contributed by atoms with Gasteiger partial charge in [0, 0.05) is 25.4 Å². The monoisotopic (exact) mass is 216 g/mol. The van der Waals surface area contributed by atoms with Crippen molar-refractivity contribution < 1.29 is 4.74 Å². The average molecular weight is 216 g/mol. The number of aromatic nitrogens is 2. The Kier molecular flexibility index (Phi) is 2.40. The first-order valence-corrected chi connectivity index (χ1v) is 5.88. The zero-order valence-corrected chi connectivity index (χ0v) is 9.52. The van der Waals surface area contributed by atoms with Crippen molar-refractivity contribution in [2.24, 2.45) is 0 Å². The van der Waals surface area contributed by atoms with Gasteiger partial charge >= 0.3 is 0 Å². The van der Waals surface area contributed by atoms with Crippen LogP contribution in [0, 0.1) is 6.92 Å². The summed E-state index contributed by atoms with van der Waals surface area (Å²) in [7, 11) is 0. The SMILES string of the molecule is Cc1cccn2cc(CC3CCCO3)nc12. The lowest BCUT2D eigenvalue weighted by atomic mass is 10.1. The van der Waals surface area contributed by atoms with Crippen molar-refractivity contribution in [3.05, 3.63) is 35.8 Å². The summed E-state index contributed by atoms with van der Waals surface area (Å²) in [5.74, 6) is 0. The topological polar surface area (TPSA) is 26.5 Å². The molecule has 3 rings (SSSR count). The second kappa shape index (κ2) is 3.91. The van der Waals surface area contributed by atoms with Gasteiger partial charge in [-0.25, -0.2) is 4.98 Å². The number of fused-ring (bicyclic) bond motifs is 1. The van der Waals surface area contributed by atoms with Crippen LogP contribution in [0.1, 0.15) is 24.1 Å². The van der Waals surface area contributed by atoms with Gasteiger partial charge in [0.25, 0.3) is 0 Å². The maximum Gasteiger partial charge on any atom is 0.139 e. The number of imidazole rings is 1. The van der Waals surface area contributed by atoms with Gasteiger partial charge in [-0.15, -0.1) is 0 Å². The molecule has 0 spiro atoms. The van der Waals surface area contributed by atoms with Crippen LogP contribution < -0.4 is 0 Å². The fraction of sp³-hybridized carbons (Fsp3) is 0.462. The molecule has 1 saturated heterocycles. The lowest BCUT2D eigenvalue weighted by molar-refractivity contribution is 0.111. The van der Waals surface area contributed by atoms with Crippen LogP contribution in [0.2, 0.25) is 0 Å². The summed E-state index contributed by atoms with van der Waals surface area (Å²) in [6, 6.07) is 4.15. The predicted molar refractivity (Wildman–Crippen MR) is 62.6 cm³/mol. The van der Waals surface area contributed by atoms with Crippen molar-refractivity contribution in [1.29, 1.82) is 0 Å². The second-order valence-electron chi connectivity index (χ2n) is 4.49. The number of hydrogen-bond acceptors (Lipinski definition) is 2. The van der Waals surface area contributed by atoms with Crippen molar-refractivity contribution in [2.75, 3.05) is 6.61 Å². The Hall–Kier alpha value is -1.35. The summed E-state index contributed by atoms with van der Waals surface area (Å²) in [6.07, 6.45) is 7.86. The standard InChI is InChI=1S/C13H16N2O/c1-10-4-2-6-15-9-11(14-13(10)15)8-12-5-3-7-16-12/h2,4,6,9,12H,3,5,7-8H2,1H3. The quantitative estimate of drug-likeness (QED) is 0.770. The molecule has 0 bridgehead atoms. The summed E-state index contributed by atoms with van der Waals surface area (Å²) in [5.41, 5.74) is 3.43. The zero-order valence-electron chi connectivity index (χ0n) is 9.52. The Morgan fingerprint density at radius 1 is 1.56 bits per heavy atom. The van der Waals surface area contributed by atoms with E-state index in [9.17, 15) is 0 Å². The number of nitrogens with zero attached hydrogens (tertiary/aromatic N) is 2. The maximum atomic E-state index is 5.63. The fourth-order valence-electron chi connectivity index (χ4n) is 2.34. The highest BCUT2D eigenvalue weighted by Gasteiger charge is 2.17. The van der Waals surface area contributed by atoms with Crippen LogP contribution in [-0.4, -0.2) is 22.1 Å². The van der Waals surface area contributed by atoms with E-state index in [2.05, 4.69) is 34.6 Å². The van der Waals surface area contributed by atoms with Crippen LogP contribution in [0.4, 0.5) is 0 Å². The normalized spacial score (nSPS) is 20.7. The van der Waals surface area contributed by atoms with Gasteiger partial charge in [0.05, 0.1) is 11.8 Å². The molecule has 3 nitrogen and oxygen atoms in total. The predicted octanol–water partition coefficient (Wildman–Crippen LogP) is 2.36. The van der Waals surface area contributed by atoms with E-state index in [1.54, 1.807) is 0 Å². The van der Waals surface area contributed by atoms with Crippen LogP contribution in [0.5, 0.6) is 0 Å². The second-order valence-corrected chi connectivity index (χ2v) is 4.49. The Morgan fingerprint density at radius 3 is 3.25 bits per heavy atom. The van der Waals surface area contributed by atoms with Crippen LogP contribution in [0.15, 0.2) is 24.5 Å². The molecule has 84 valence electrons. The lowest BCUT2D eigenvalue weighted by Gasteiger charge is -2.05. The molecule has 0 saturated carbocycles. The summed E-state index contributed by atoms with van der Waals surface area (Å²) >= 11 is 0. The van der Waals surface area contributed by atoms with E-state index in [4.69, 9.17) is 4.74 Å². The molecule has 16 heavy (non-hydrogen) atoms. The van der Waals surface area contributed by atoms with E-state index in [0.717, 1.165) is 24.4 Å². The van der Waals surface area contributed by atoms with Crippen LogP contribution in [0.3, 0.4) is 0 Å². The third-order valence-electron chi connectivity index (χ3n) is 3.19. The smallest absolute Gasteiger partial charge is 0.139 e. The first-order chi connectivity index (χ1) is 7.83. The largest absolute Gasteiger partial charge is 0.378 e. The van der Waals surface area contributed by atoms with Gasteiger partial charge in [0.1, 0.15) is 5.65 Å². The molecular weight excluding hydrogens is 200 g/mol.